The fraction of sp³-hybridized carbons (Fsp3) is 1.00. The molecule has 1 N–H and O–H groups in total. The molecule has 2 rings (SSSR count). The van der Waals surface area contributed by atoms with Crippen LogP contribution in [0.4, 0.5) is 0 Å². The Kier molecular flexibility index (Phi) is 2.61. The minimum absolute atomic E-state index is 0.417. The van der Waals surface area contributed by atoms with Crippen molar-refractivity contribution in [3.8, 4) is 0 Å². The van der Waals surface area contributed by atoms with Gasteiger partial charge in [-0.25, -0.2) is 0 Å². The van der Waals surface area contributed by atoms with Gasteiger partial charge in [0.1, 0.15) is 0 Å². The maximum absolute atomic E-state index is 3.44. The first-order valence-corrected chi connectivity index (χ1v) is 5.63. The predicted molar refractivity (Wildman–Crippen MR) is 55.9 cm³/mol. The highest BCUT2D eigenvalue weighted by Crippen LogP contribution is 2.31. The molecule has 1 heterocycles. The van der Waals surface area contributed by atoms with Crippen molar-refractivity contribution >= 4 is 0 Å². The number of likely N-dealkylation sites (tertiary alicyclic amines) is 1. The Morgan fingerprint density at radius 2 is 1.92 bits per heavy atom. The Morgan fingerprint density at radius 3 is 2.38 bits per heavy atom. The second-order valence-corrected chi connectivity index (χ2v) is 5.05. The van der Waals surface area contributed by atoms with Crippen molar-refractivity contribution < 1.29 is 0 Å². The zero-order valence-corrected chi connectivity index (χ0v) is 8.97. The molecule has 2 nitrogen and oxygen atoms in total. The standard InChI is InChI=1S/C11H22N2/c1-11(12-2)5-7-13(8-6-11)9-10-3-4-10/h10,12H,3-9H2,1-2H3. The molecule has 0 aromatic carbocycles. The second-order valence-electron chi connectivity index (χ2n) is 5.05. The summed E-state index contributed by atoms with van der Waals surface area (Å²) < 4.78 is 0. The van der Waals surface area contributed by atoms with Crippen molar-refractivity contribution in [3.63, 3.8) is 0 Å². The number of nitrogens with one attached hydrogen (secondary N) is 1. The predicted octanol–water partition coefficient (Wildman–Crippen LogP) is 1.47. The largest absolute Gasteiger partial charge is 0.314 e. The monoisotopic (exact) mass is 182 g/mol. The van der Waals surface area contributed by atoms with Gasteiger partial charge >= 0.3 is 0 Å². The number of hydrogen-bond donors (Lipinski definition) is 1. The molecule has 76 valence electrons. The molecule has 0 aromatic rings. The average Bonchev–Trinajstić information content (AvgIpc) is 2.93. The minimum Gasteiger partial charge on any atom is -0.314 e. The summed E-state index contributed by atoms with van der Waals surface area (Å²) in [4.78, 5) is 2.65. The molecule has 0 radical (unpaired) electrons. The highest BCUT2D eigenvalue weighted by molar-refractivity contribution is 4.89. The molecular formula is C11H22N2. The van der Waals surface area contributed by atoms with Crippen LogP contribution in [0.25, 0.3) is 0 Å². The molecule has 1 saturated heterocycles. The van der Waals surface area contributed by atoms with E-state index in [9.17, 15) is 0 Å². The SMILES string of the molecule is CNC1(C)CCN(CC2CC2)CC1. The highest BCUT2D eigenvalue weighted by atomic mass is 15.2. The summed E-state index contributed by atoms with van der Waals surface area (Å²) in [5.74, 6) is 1.05. The van der Waals surface area contributed by atoms with E-state index in [-0.39, 0.29) is 0 Å². The van der Waals surface area contributed by atoms with E-state index in [0.717, 1.165) is 5.92 Å². The fourth-order valence-corrected chi connectivity index (χ4v) is 2.14. The third-order valence-electron chi connectivity index (χ3n) is 3.78. The van der Waals surface area contributed by atoms with Gasteiger partial charge in [-0.2, -0.15) is 0 Å². The van der Waals surface area contributed by atoms with Crippen LogP contribution >= 0.6 is 0 Å². The van der Waals surface area contributed by atoms with Gasteiger partial charge in [0.15, 0.2) is 0 Å². The molecule has 13 heavy (non-hydrogen) atoms. The van der Waals surface area contributed by atoms with Crippen LogP contribution in [0, 0.1) is 5.92 Å². The van der Waals surface area contributed by atoms with Gasteiger partial charge in [0, 0.05) is 12.1 Å². The summed E-state index contributed by atoms with van der Waals surface area (Å²) in [7, 11) is 2.09. The van der Waals surface area contributed by atoms with E-state index >= 15 is 0 Å². The number of hydrogen-bond acceptors (Lipinski definition) is 2. The van der Waals surface area contributed by atoms with Crippen molar-refractivity contribution in [2.75, 3.05) is 26.7 Å². The Labute approximate surface area is 81.7 Å². The molecule has 2 heteroatoms. The third kappa shape index (κ3) is 2.44. The van der Waals surface area contributed by atoms with Crippen molar-refractivity contribution in [3.05, 3.63) is 0 Å². The summed E-state index contributed by atoms with van der Waals surface area (Å²) in [5.41, 5.74) is 0.417. The first kappa shape index (κ1) is 9.47. The smallest absolute Gasteiger partial charge is 0.0174 e. The van der Waals surface area contributed by atoms with E-state index in [4.69, 9.17) is 0 Å². The lowest BCUT2D eigenvalue weighted by atomic mass is 9.90. The van der Waals surface area contributed by atoms with Crippen LogP contribution in [0.15, 0.2) is 0 Å². The van der Waals surface area contributed by atoms with Crippen molar-refractivity contribution in [1.29, 1.82) is 0 Å². The van der Waals surface area contributed by atoms with Crippen LogP contribution in [0.3, 0.4) is 0 Å². The molecule has 2 aliphatic rings. The molecular weight excluding hydrogens is 160 g/mol. The first-order valence-electron chi connectivity index (χ1n) is 5.63. The maximum Gasteiger partial charge on any atom is 0.0174 e. The van der Waals surface area contributed by atoms with E-state index in [0.29, 0.717) is 5.54 Å². The van der Waals surface area contributed by atoms with Crippen molar-refractivity contribution in [1.82, 2.24) is 10.2 Å². The lowest BCUT2D eigenvalue weighted by molar-refractivity contribution is 0.147. The van der Waals surface area contributed by atoms with Crippen LogP contribution in [-0.4, -0.2) is 37.1 Å². The molecule has 0 atom stereocenters. The van der Waals surface area contributed by atoms with Gasteiger partial charge in [-0.1, -0.05) is 0 Å². The highest BCUT2D eigenvalue weighted by Gasteiger charge is 2.31. The summed E-state index contributed by atoms with van der Waals surface area (Å²) in [6.45, 7) is 6.32. The van der Waals surface area contributed by atoms with Crippen LogP contribution in [0.5, 0.6) is 0 Å². The quantitative estimate of drug-likeness (QED) is 0.711. The van der Waals surface area contributed by atoms with Crippen LogP contribution in [-0.2, 0) is 0 Å². The first-order chi connectivity index (χ1) is 6.22. The van der Waals surface area contributed by atoms with E-state index in [1.165, 1.54) is 45.3 Å². The van der Waals surface area contributed by atoms with E-state index in [2.05, 4.69) is 24.2 Å². The zero-order valence-electron chi connectivity index (χ0n) is 8.97. The number of piperidine rings is 1. The molecule has 0 amide bonds. The Morgan fingerprint density at radius 1 is 1.31 bits per heavy atom. The molecule has 0 aromatic heterocycles. The Balaban J connectivity index is 1.74. The van der Waals surface area contributed by atoms with Gasteiger partial charge in [-0.15, -0.1) is 0 Å². The summed E-state index contributed by atoms with van der Waals surface area (Å²) >= 11 is 0. The Bertz CT molecular complexity index is 167. The summed E-state index contributed by atoms with van der Waals surface area (Å²) in [5, 5.41) is 3.44. The van der Waals surface area contributed by atoms with E-state index in [1.807, 2.05) is 0 Å². The van der Waals surface area contributed by atoms with E-state index in [1.54, 1.807) is 0 Å². The van der Waals surface area contributed by atoms with Gasteiger partial charge in [0.25, 0.3) is 0 Å². The molecule has 0 bridgehead atoms. The molecule has 2 fully saturated rings. The van der Waals surface area contributed by atoms with Gasteiger partial charge in [0.05, 0.1) is 0 Å². The van der Waals surface area contributed by atoms with Gasteiger partial charge in [0.2, 0.25) is 0 Å². The van der Waals surface area contributed by atoms with E-state index < -0.39 is 0 Å². The Hall–Kier alpha value is -0.0800. The number of nitrogens with zero attached hydrogens (tertiary/aromatic N) is 1. The molecule has 1 saturated carbocycles. The molecule has 1 aliphatic carbocycles. The average molecular weight is 182 g/mol. The molecule has 0 unspecified atom stereocenters. The van der Waals surface area contributed by atoms with Crippen LogP contribution in [0.1, 0.15) is 32.6 Å². The van der Waals surface area contributed by atoms with Gasteiger partial charge in [-0.05, 0) is 58.7 Å². The van der Waals surface area contributed by atoms with Gasteiger partial charge < -0.3 is 10.2 Å². The summed E-state index contributed by atoms with van der Waals surface area (Å²) in [6.07, 6.45) is 5.60. The minimum atomic E-state index is 0.417. The maximum atomic E-state index is 3.44. The van der Waals surface area contributed by atoms with Crippen LogP contribution < -0.4 is 5.32 Å². The van der Waals surface area contributed by atoms with Crippen molar-refractivity contribution in [2.24, 2.45) is 5.92 Å². The van der Waals surface area contributed by atoms with Crippen LogP contribution in [0.2, 0.25) is 0 Å². The van der Waals surface area contributed by atoms with Crippen molar-refractivity contribution in [2.45, 2.75) is 38.1 Å². The fourth-order valence-electron chi connectivity index (χ4n) is 2.14. The lowest BCUT2D eigenvalue weighted by Crippen LogP contribution is -2.50. The molecule has 1 aliphatic heterocycles. The third-order valence-corrected chi connectivity index (χ3v) is 3.78. The zero-order chi connectivity index (χ0) is 9.31. The number of rotatable bonds is 3. The topological polar surface area (TPSA) is 15.3 Å². The normalized spacial score (nSPS) is 29.1. The summed E-state index contributed by atoms with van der Waals surface area (Å²) in [6, 6.07) is 0. The second kappa shape index (κ2) is 3.58. The molecule has 0 spiro atoms. The van der Waals surface area contributed by atoms with Gasteiger partial charge in [-0.3, -0.25) is 0 Å². The lowest BCUT2D eigenvalue weighted by Gasteiger charge is -2.39.